The van der Waals surface area contributed by atoms with E-state index in [1.54, 1.807) is 6.20 Å². The van der Waals surface area contributed by atoms with Crippen LogP contribution in [-0.2, 0) is 11.3 Å². The summed E-state index contributed by atoms with van der Waals surface area (Å²) in [4.78, 5) is 11.8. The van der Waals surface area contributed by atoms with Crippen molar-refractivity contribution >= 4 is 22.7 Å². The predicted molar refractivity (Wildman–Crippen MR) is 146 cm³/mol. The molecular weight excluding hydrogens is 464 g/mol. The molecule has 37 heavy (non-hydrogen) atoms. The molecule has 1 aliphatic heterocycles. The quantitative estimate of drug-likeness (QED) is 0.311. The first-order valence-corrected chi connectivity index (χ1v) is 13.2. The van der Waals surface area contributed by atoms with Crippen molar-refractivity contribution in [1.29, 1.82) is 0 Å². The van der Waals surface area contributed by atoms with E-state index in [1.165, 1.54) is 0 Å². The average molecular weight is 501 g/mol. The Kier molecular flexibility index (Phi) is 7.71. The number of fused-ring (bicyclic) bond motifs is 1. The summed E-state index contributed by atoms with van der Waals surface area (Å²) < 4.78 is 7.90. The Morgan fingerprint density at radius 2 is 1.84 bits per heavy atom. The second-order valence-corrected chi connectivity index (χ2v) is 10.6. The van der Waals surface area contributed by atoms with Crippen LogP contribution in [0.5, 0.6) is 0 Å². The van der Waals surface area contributed by atoms with Crippen LogP contribution in [0.25, 0.3) is 22.2 Å². The Morgan fingerprint density at radius 3 is 2.65 bits per heavy atom. The summed E-state index contributed by atoms with van der Waals surface area (Å²) in [5, 5.41) is 16.1. The fourth-order valence-electron chi connectivity index (χ4n) is 4.35. The molecule has 5 heterocycles. The monoisotopic (exact) mass is 500 g/mol. The Labute approximate surface area is 218 Å². The van der Waals surface area contributed by atoms with E-state index < -0.39 is 0 Å². The van der Waals surface area contributed by atoms with Gasteiger partial charge in [0.05, 0.1) is 29.5 Å². The van der Waals surface area contributed by atoms with Gasteiger partial charge in [0.25, 0.3) is 0 Å². The predicted octanol–water partition coefficient (Wildman–Crippen LogP) is 4.90. The lowest BCUT2D eigenvalue weighted by Gasteiger charge is -2.39. The van der Waals surface area contributed by atoms with Crippen molar-refractivity contribution in [3.63, 3.8) is 0 Å². The molecule has 9 heteroatoms. The fraction of sp³-hybridized carbons (Fsp3) is 0.464. The van der Waals surface area contributed by atoms with Crippen molar-refractivity contribution in [2.24, 2.45) is 5.92 Å². The van der Waals surface area contributed by atoms with Crippen LogP contribution in [0.4, 0.5) is 11.6 Å². The molecule has 0 atom stereocenters. The maximum absolute atomic E-state index is 5.89. The number of anilines is 2. The molecule has 0 aromatic carbocycles. The number of aryl methyl sites for hydroxylation is 1. The molecule has 0 spiro atoms. The number of pyridine rings is 2. The minimum atomic E-state index is 0.380. The number of nitrogens with zero attached hydrogens (tertiary/aromatic N) is 7. The van der Waals surface area contributed by atoms with Gasteiger partial charge >= 0.3 is 0 Å². The maximum Gasteiger partial charge on any atom is 0.154 e. The summed E-state index contributed by atoms with van der Waals surface area (Å²) in [6, 6.07) is 7.94. The summed E-state index contributed by atoms with van der Waals surface area (Å²) >= 11 is 0. The minimum Gasteiger partial charge on any atom is -0.375 e. The third-order valence-corrected chi connectivity index (χ3v) is 6.55. The highest BCUT2D eigenvalue weighted by Crippen LogP contribution is 2.24. The zero-order chi connectivity index (χ0) is 25.8. The van der Waals surface area contributed by atoms with Crippen molar-refractivity contribution in [2.75, 3.05) is 31.6 Å². The van der Waals surface area contributed by atoms with Gasteiger partial charge in [-0.3, -0.25) is 14.6 Å². The standard InChI is InChI=1S/C28H36N8O/c1-19(2)18-37-24-16-35(17-24)8-5-9-36-15-23(14-31-36)22-10-26-25(29-12-22)6-7-27(32-26)33-28-11-21(20(3)4)13-30-34-28/h6-7,10-15,19-20,24H,5,8-9,16-18H2,1-4H3,(H,32,33,34). The zero-order valence-corrected chi connectivity index (χ0v) is 22.1. The number of nitrogens with one attached hydrogen (secondary N) is 1. The molecule has 4 aromatic heterocycles. The van der Waals surface area contributed by atoms with E-state index in [-0.39, 0.29) is 0 Å². The maximum atomic E-state index is 5.89. The number of aromatic nitrogens is 6. The van der Waals surface area contributed by atoms with Crippen LogP contribution in [0.2, 0.25) is 0 Å². The number of hydrogen-bond acceptors (Lipinski definition) is 8. The molecule has 0 unspecified atom stereocenters. The van der Waals surface area contributed by atoms with E-state index >= 15 is 0 Å². The minimum absolute atomic E-state index is 0.380. The molecule has 0 bridgehead atoms. The lowest BCUT2D eigenvalue weighted by Crippen LogP contribution is -2.52. The molecule has 4 aromatic rings. The molecule has 0 aliphatic carbocycles. The van der Waals surface area contributed by atoms with Crippen molar-refractivity contribution in [3.05, 3.63) is 54.6 Å². The number of likely N-dealkylation sites (tertiary alicyclic amines) is 1. The molecule has 1 aliphatic rings. The largest absolute Gasteiger partial charge is 0.375 e. The first-order valence-electron chi connectivity index (χ1n) is 13.2. The Morgan fingerprint density at radius 1 is 0.973 bits per heavy atom. The Balaban J connectivity index is 1.18. The van der Waals surface area contributed by atoms with Crippen LogP contribution in [0.3, 0.4) is 0 Å². The van der Waals surface area contributed by atoms with Gasteiger partial charge in [0.15, 0.2) is 5.82 Å². The number of hydrogen-bond donors (Lipinski definition) is 1. The third-order valence-electron chi connectivity index (χ3n) is 6.55. The van der Waals surface area contributed by atoms with Crippen LogP contribution < -0.4 is 5.32 Å². The van der Waals surface area contributed by atoms with Crippen molar-refractivity contribution in [3.8, 4) is 11.1 Å². The highest BCUT2D eigenvalue weighted by Gasteiger charge is 2.26. The van der Waals surface area contributed by atoms with Crippen LogP contribution >= 0.6 is 0 Å². The second kappa shape index (κ2) is 11.3. The van der Waals surface area contributed by atoms with Gasteiger partial charge in [-0.25, -0.2) is 4.98 Å². The van der Waals surface area contributed by atoms with Gasteiger partial charge in [-0.05, 0) is 48.1 Å². The number of rotatable bonds is 11. The van der Waals surface area contributed by atoms with E-state index in [1.807, 2.05) is 35.3 Å². The number of ether oxygens (including phenoxy) is 1. The molecule has 5 rings (SSSR count). The van der Waals surface area contributed by atoms with Gasteiger partial charge in [-0.15, -0.1) is 5.10 Å². The highest BCUT2D eigenvalue weighted by molar-refractivity contribution is 5.81. The summed E-state index contributed by atoms with van der Waals surface area (Å²) in [5.41, 5.74) is 4.82. The average Bonchev–Trinajstić information content (AvgIpc) is 3.33. The summed E-state index contributed by atoms with van der Waals surface area (Å²) in [7, 11) is 0. The molecule has 9 nitrogen and oxygen atoms in total. The van der Waals surface area contributed by atoms with Crippen molar-refractivity contribution in [1.82, 2.24) is 34.8 Å². The first kappa shape index (κ1) is 25.2. The van der Waals surface area contributed by atoms with Crippen LogP contribution in [0, 0.1) is 5.92 Å². The van der Waals surface area contributed by atoms with Gasteiger partial charge in [-0.1, -0.05) is 27.7 Å². The third kappa shape index (κ3) is 6.47. The van der Waals surface area contributed by atoms with Gasteiger partial charge in [0, 0.05) is 56.3 Å². The normalized spacial score (nSPS) is 14.5. The van der Waals surface area contributed by atoms with E-state index in [4.69, 9.17) is 9.72 Å². The second-order valence-electron chi connectivity index (χ2n) is 10.6. The van der Waals surface area contributed by atoms with E-state index in [2.05, 4.69) is 70.5 Å². The Hall–Kier alpha value is -3.43. The first-order chi connectivity index (χ1) is 17.9. The van der Waals surface area contributed by atoms with E-state index in [0.717, 1.165) is 66.9 Å². The topological polar surface area (TPSA) is 93.9 Å². The SMILES string of the molecule is CC(C)COC1CN(CCCn2cc(-c3cnc4ccc(Nc5cc(C(C)C)cnn5)nc4c3)cn2)C1. The molecule has 0 amide bonds. The molecule has 0 radical (unpaired) electrons. The van der Waals surface area contributed by atoms with Gasteiger partial charge in [0.2, 0.25) is 0 Å². The fourth-order valence-corrected chi connectivity index (χ4v) is 4.35. The molecule has 1 N–H and O–H groups in total. The van der Waals surface area contributed by atoms with Crippen molar-refractivity contribution < 1.29 is 4.74 Å². The van der Waals surface area contributed by atoms with Crippen LogP contribution in [0.15, 0.2) is 49.1 Å². The van der Waals surface area contributed by atoms with Gasteiger partial charge in [-0.2, -0.15) is 10.2 Å². The van der Waals surface area contributed by atoms with Crippen molar-refractivity contribution in [2.45, 2.75) is 52.7 Å². The molecule has 0 saturated carbocycles. The Bertz CT molecular complexity index is 1330. The van der Waals surface area contributed by atoms with Gasteiger partial charge in [0.1, 0.15) is 5.82 Å². The molecular formula is C28H36N8O. The van der Waals surface area contributed by atoms with Gasteiger partial charge < -0.3 is 10.1 Å². The smallest absolute Gasteiger partial charge is 0.154 e. The molecule has 1 fully saturated rings. The van der Waals surface area contributed by atoms with E-state index in [9.17, 15) is 0 Å². The molecule has 194 valence electrons. The summed E-state index contributed by atoms with van der Waals surface area (Å²) in [5.74, 6) is 2.36. The zero-order valence-electron chi connectivity index (χ0n) is 22.1. The summed E-state index contributed by atoms with van der Waals surface area (Å²) in [6.45, 7) is 13.5. The van der Waals surface area contributed by atoms with E-state index in [0.29, 0.717) is 29.6 Å². The van der Waals surface area contributed by atoms with Crippen LogP contribution in [0.1, 0.15) is 45.6 Å². The highest BCUT2D eigenvalue weighted by atomic mass is 16.5. The molecule has 1 saturated heterocycles. The summed E-state index contributed by atoms with van der Waals surface area (Å²) in [6.07, 6.45) is 9.13. The lowest BCUT2D eigenvalue weighted by atomic mass is 10.1. The lowest BCUT2D eigenvalue weighted by molar-refractivity contribution is -0.0629. The van der Waals surface area contributed by atoms with Crippen LogP contribution in [-0.4, -0.2) is 67.2 Å².